The Morgan fingerprint density at radius 3 is 2.39 bits per heavy atom. The van der Waals surface area contributed by atoms with Crippen molar-refractivity contribution in [2.75, 3.05) is 6.54 Å². The number of halogens is 1. The lowest BCUT2D eigenvalue weighted by Crippen LogP contribution is -2.32. The molecule has 0 unspecified atom stereocenters. The number of aliphatic hydroxyl groups is 1. The Hall–Kier alpha value is -2.71. The second kappa shape index (κ2) is 12.4. The number of carboxylic acids is 1. The zero-order valence-electron chi connectivity index (χ0n) is 21.4. The lowest BCUT2D eigenvalue weighted by atomic mass is 9.83. The molecule has 0 amide bonds. The minimum Gasteiger partial charge on any atom is -0.478 e. The molecular formula is C30H34ClNO5S. The fraction of sp³-hybridized carbons (Fsp3) is 0.367. The molecule has 0 saturated heterocycles. The van der Waals surface area contributed by atoms with E-state index in [1.54, 1.807) is 42.5 Å². The third-order valence-corrected chi connectivity index (χ3v) is 9.33. The van der Waals surface area contributed by atoms with Gasteiger partial charge in [-0.25, -0.2) is 13.2 Å². The van der Waals surface area contributed by atoms with Crippen molar-refractivity contribution in [2.45, 2.75) is 73.3 Å². The molecule has 38 heavy (non-hydrogen) atoms. The monoisotopic (exact) mass is 555 g/mol. The lowest BCUT2D eigenvalue weighted by molar-refractivity contribution is 0.0692. The first-order valence-corrected chi connectivity index (χ1v) is 14.9. The summed E-state index contributed by atoms with van der Waals surface area (Å²) in [7, 11) is -4.00. The summed E-state index contributed by atoms with van der Waals surface area (Å²) in [5.41, 5.74) is 2.39. The molecule has 1 fully saturated rings. The third kappa shape index (κ3) is 6.83. The molecule has 3 aromatic carbocycles. The number of hydrogen-bond donors (Lipinski definition) is 3. The van der Waals surface area contributed by atoms with Gasteiger partial charge in [0.2, 0.25) is 9.84 Å². The molecule has 0 heterocycles. The SMILES string of the molecule is C[C@H](Cc1ccc(S(=O)(=O)c2ccc(C3CCCCC3)cc2C(=O)O)cc1)NC[C@H](O)c1cccc(Cl)c1. The van der Waals surface area contributed by atoms with Gasteiger partial charge in [0.05, 0.1) is 21.5 Å². The van der Waals surface area contributed by atoms with Gasteiger partial charge in [-0.15, -0.1) is 0 Å². The van der Waals surface area contributed by atoms with Gasteiger partial charge in [-0.1, -0.05) is 61.2 Å². The van der Waals surface area contributed by atoms with Crippen LogP contribution < -0.4 is 5.32 Å². The van der Waals surface area contributed by atoms with E-state index in [0.29, 0.717) is 18.0 Å². The Kier molecular flexibility index (Phi) is 9.26. The number of sulfone groups is 1. The summed E-state index contributed by atoms with van der Waals surface area (Å²) in [6.07, 6.45) is 5.32. The minimum absolute atomic E-state index is 0.0252. The summed E-state index contributed by atoms with van der Waals surface area (Å²) in [6.45, 7) is 2.34. The molecule has 0 spiro atoms. The minimum atomic E-state index is -4.00. The average Bonchev–Trinajstić information content (AvgIpc) is 2.92. The van der Waals surface area contributed by atoms with E-state index < -0.39 is 21.9 Å². The maximum atomic E-state index is 13.4. The van der Waals surface area contributed by atoms with Crippen molar-refractivity contribution in [3.63, 3.8) is 0 Å². The number of nitrogens with one attached hydrogen (secondary N) is 1. The Bertz CT molecular complexity index is 1370. The molecule has 202 valence electrons. The van der Waals surface area contributed by atoms with Gasteiger partial charge in [0, 0.05) is 17.6 Å². The van der Waals surface area contributed by atoms with Crippen molar-refractivity contribution in [3.8, 4) is 0 Å². The van der Waals surface area contributed by atoms with E-state index in [9.17, 15) is 23.4 Å². The van der Waals surface area contributed by atoms with E-state index in [0.717, 1.165) is 42.4 Å². The van der Waals surface area contributed by atoms with Crippen LogP contribution in [0.2, 0.25) is 5.02 Å². The van der Waals surface area contributed by atoms with Crippen LogP contribution in [0.4, 0.5) is 0 Å². The largest absolute Gasteiger partial charge is 0.478 e. The van der Waals surface area contributed by atoms with Crippen LogP contribution >= 0.6 is 11.6 Å². The molecule has 1 saturated carbocycles. The number of benzene rings is 3. The number of carboxylic acid groups (broad SMARTS) is 1. The van der Waals surface area contributed by atoms with E-state index in [1.165, 1.54) is 24.6 Å². The molecule has 0 radical (unpaired) electrons. The number of aromatic carboxylic acids is 1. The van der Waals surface area contributed by atoms with Gasteiger partial charge in [0.15, 0.2) is 0 Å². The Morgan fingerprint density at radius 1 is 1.03 bits per heavy atom. The van der Waals surface area contributed by atoms with Crippen LogP contribution in [0.5, 0.6) is 0 Å². The zero-order chi connectivity index (χ0) is 27.3. The van der Waals surface area contributed by atoms with Crippen LogP contribution in [-0.2, 0) is 16.3 Å². The van der Waals surface area contributed by atoms with Gasteiger partial charge < -0.3 is 15.5 Å². The number of hydrogen-bond acceptors (Lipinski definition) is 5. The molecule has 2 atom stereocenters. The van der Waals surface area contributed by atoms with Gasteiger partial charge in [0.1, 0.15) is 0 Å². The molecule has 0 aromatic heterocycles. The summed E-state index contributed by atoms with van der Waals surface area (Å²) < 4.78 is 26.8. The van der Waals surface area contributed by atoms with Crippen molar-refractivity contribution in [1.29, 1.82) is 0 Å². The number of carbonyl (C=O) groups is 1. The van der Waals surface area contributed by atoms with E-state index in [2.05, 4.69) is 5.32 Å². The van der Waals surface area contributed by atoms with E-state index in [-0.39, 0.29) is 27.3 Å². The standard InChI is InChI=1S/C30H34ClNO5S/c1-20(32-19-28(33)24-8-5-9-25(31)17-24)16-21-10-13-26(14-11-21)38(36,37)29-15-12-23(18-27(29)30(34)35)22-6-3-2-4-7-22/h5,8-15,17-18,20,22,28,32-33H,2-4,6-7,16,19H2,1H3,(H,34,35)/t20-,28+/m1/s1. The van der Waals surface area contributed by atoms with Crippen molar-refractivity contribution >= 4 is 27.4 Å². The van der Waals surface area contributed by atoms with E-state index >= 15 is 0 Å². The topological polar surface area (TPSA) is 104 Å². The summed E-state index contributed by atoms with van der Waals surface area (Å²) in [5.74, 6) is -0.960. The van der Waals surface area contributed by atoms with E-state index in [4.69, 9.17) is 11.6 Å². The highest BCUT2D eigenvalue weighted by Gasteiger charge is 2.26. The molecule has 0 bridgehead atoms. The number of aliphatic hydroxyl groups excluding tert-OH is 1. The smallest absolute Gasteiger partial charge is 0.337 e. The van der Waals surface area contributed by atoms with Crippen LogP contribution in [0.1, 0.15) is 78.1 Å². The normalized spacial score (nSPS) is 16.2. The highest BCUT2D eigenvalue weighted by molar-refractivity contribution is 7.91. The first-order chi connectivity index (χ1) is 18.1. The van der Waals surface area contributed by atoms with Gasteiger partial charge in [0.25, 0.3) is 0 Å². The average molecular weight is 556 g/mol. The third-order valence-electron chi connectivity index (χ3n) is 7.27. The fourth-order valence-electron chi connectivity index (χ4n) is 5.14. The molecule has 1 aliphatic carbocycles. The summed E-state index contributed by atoms with van der Waals surface area (Å²) >= 11 is 6.00. The highest BCUT2D eigenvalue weighted by Crippen LogP contribution is 2.35. The second-order valence-corrected chi connectivity index (χ2v) is 12.5. The van der Waals surface area contributed by atoms with Crippen LogP contribution in [0.15, 0.2) is 76.5 Å². The zero-order valence-corrected chi connectivity index (χ0v) is 23.0. The molecule has 6 nitrogen and oxygen atoms in total. The van der Waals surface area contributed by atoms with Crippen LogP contribution in [0, 0.1) is 0 Å². The van der Waals surface area contributed by atoms with Crippen LogP contribution in [-0.4, -0.2) is 37.2 Å². The fourth-order valence-corrected chi connectivity index (χ4v) is 6.77. The number of rotatable bonds is 10. The molecule has 0 aliphatic heterocycles. The Morgan fingerprint density at radius 2 is 1.74 bits per heavy atom. The molecule has 8 heteroatoms. The van der Waals surface area contributed by atoms with Crippen molar-refractivity contribution < 1.29 is 23.4 Å². The quantitative estimate of drug-likeness (QED) is 0.276. The predicted octanol–water partition coefficient (Wildman–Crippen LogP) is 6.17. The van der Waals surface area contributed by atoms with Gasteiger partial charge in [-0.05, 0) is 85.2 Å². The first kappa shape index (κ1) is 28.3. The van der Waals surface area contributed by atoms with Crippen LogP contribution in [0.25, 0.3) is 0 Å². The molecule has 1 aliphatic rings. The second-order valence-electron chi connectivity index (χ2n) is 10.1. The van der Waals surface area contributed by atoms with Gasteiger partial charge >= 0.3 is 5.97 Å². The maximum Gasteiger partial charge on any atom is 0.337 e. The maximum absolute atomic E-state index is 13.4. The summed E-state index contributed by atoms with van der Waals surface area (Å²) in [6, 6.07) is 18.4. The summed E-state index contributed by atoms with van der Waals surface area (Å²) in [4.78, 5) is 11.9. The van der Waals surface area contributed by atoms with Crippen molar-refractivity contribution in [1.82, 2.24) is 5.32 Å². The van der Waals surface area contributed by atoms with Gasteiger partial charge in [-0.3, -0.25) is 0 Å². The first-order valence-electron chi connectivity index (χ1n) is 13.0. The van der Waals surface area contributed by atoms with Crippen molar-refractivity contribution in [3.05, 3.63) is 94.0 Å². The Balaban J connectivity index is 1.43. The lowest BCUT2D eigenvalue weighted by Gasteiger charge is -2.22. The predicted molar refractivity (Wildman–Crippen MR) is 149 cm³/mol. The molecule has 3 N–H and O–H groups in total. The molecule has 3 aromatic rings. The molecular weight excluding hydrogens is 522 g/mol. The Labute approximate surface area is 229 Å². The summed E-state index contributed by atoms with van der Waals surface area (Å²) in [5, 5.41) is 24.1. The van der Waals surface area contributed by atoms with E-state index in [1.807, 2.05) is 13.0 Å². The van der Waals surface area contributed by atoms with Gasteiger partial charge in [-0.2, -0.15) is 0 Å². The molecule has 4 rings (SSSR count). The highest BCUT2D eigenvalue weighted by atomic mass is 35.5. The van der Waals surface area contributed by atoms with Crippen molar-refractivity contribution in [2.24, 2.45) is 0 Å². The van der Waals surface area contributed by atoms with Crippen LogP contribution in [0.3, 0.4) is 0 Å².